The Morgan fingerprint density at radius 3 is 3.04 bits per heavy atom. The molecule has 2 aliphatic carbocycles. The molecule has 1 amide bonds. The first-order chi connectivity index (χ1) is 12.1. The molecule has 2 aromatic rings. The second-order valence-electron chi connectivity index (χ2n) is 7.73. The van der Waals surface area contributed by atoms with Crippen molar-refractivity contribution in [3.8, 4) is 0 Å². The standard InChI is InChI=1S/C19H27N5O/c1-12-16(13(2)24-19(23-12)21-11-22-24)8-9-18(25)20-10-15-7-6-14-4-3-5-17(14)15/h11,14-15,17H,3-10H2,1-2H3,(H,20,25)/t14-,15+,17-/m0/s1. The van der Waals surface area contributed by atoms with Gasteiger partial charge < -0.3 is 5.32 Å². The number of nitrogens with one attached hydrogen (secondary N) is 1. The lowest BCUT2D eigenvalue weighted by Crippen LogP contribution is -2.31. The number of hydrogen-bond donors (Lipinski definition) is 1. The van der Waals surface area contributed by atoms with Gasteiger partial charge in [-0.05, 0) is 62.8 Å². The molecule has 134 valence electrons. The van der Waals surface area contributed by atoms with Crippen LogP contribution in [0.4, 0.5) is 0 Å². The molecule has 0 spiro atoms. The molecular formula is C19H27N5O. The Balaban J connectivity index is 1.33. The lowest BCUT2D eigenvalue weighted by Gasteiger charge is -2.19. The molecule has 0 radical (unpaired) electrons. The smallest absolute Gasteiger partial charge is 0.252 e. The molecule has 6 nitrogen and oxygen atoms in total. The highest BCUT2D eigenvalue weighted by molar-refractivity contribution is 5.76. The zero-order valence-corrected chi connectivity index (χ0v) is 15.2. The van der Waals surface area contributed by atoms with Crippen molar-refractivity contribution in [2.24, 2.45) is 17.8 Å². The number of aromatic nitrogens is 4. The SMILES string of the molecule is Cc1nc2ncnn2c(C)c1CCC(=O)NC[C@H]1CC[C@@H]2CCC[C@@H]21. The van der Waals surface area contributed by atoms with E-state index in [9.17, 15) is 4.79 Å². The molecule has 4 rings (SSSR count). The van der Waals surface area contributed by atoms with Crippen molar-refractivity contribution >= 4 is 11.7 Å². The Labute approximate surface area is 148 Å². The summed E-state index contributed by atoms with van der Waals surface area (Å²) in [5.41, 5.74) is 3.07. The first kappa shape index (κ1) is 16.5. The number of fused-ring (bicyclic) bond motifs is 2. The van der Waals surface area contributed by atoms with Crippen LogP contribution >= 0.6 is 0 Å². The Hall–Kier alpha value is -1.98. The molecule has 1 N–H and O–H groups in total. The van der Waals surface area contributed by atoms with Gasteiger partial charge in [0.15, 0.2) is 0 Å². The monoisotopic (exact) mass is 341 g/mol. The van der Waals surface area contributed by atoms with Crippen LogP contribution in [0.2, 0.25) is 0 Å². The maximum atomic E-state index is 12.3. The van der Waals surface area contributed by atoms with Crippen LogP contribution in [0.15, 0.2) is 6.33 Å². The number of aryl methyl sites for hydroxylation is 2. The second kappa shape index (κ2) is 6.73. The fraction of sp³-hybridized carbons (Fsp3) is 0.684. The van der Waals surface area contributed by atoms with Crippen LogP contribution in [-0.4, -0.2) is 32.0 Å². The maximum Gasteiger partial charge on any atom is 0.252 e. The summed E-state index contributed by atoms with van der Waals surface area (Å²) in [7, 11) is 0. The van der Waals surface area contributed by atoms with Crippen molar-refractivity contribution in [3.63, 3.8) is 0 Å². The van der Waals surface area contributed by atoms with E-state index in [1.165, 1.54) is 38.4 Å². The molecule has 2 saturated carbocycles. The Kier molecular flexibility index (Phi) is 4.44. The molecule has 3 atom stereocenters. The predicted molar refractivity (Wildman–Crippen MR) is 95.1 cm³/mol. The average Bonchev–Trinajstić information content (AvgIpc) is 3.29. The molecular weight excluding hydrogens is 314 g/mol. The van der Waals surface area contributed by atoms with E-state index < -0.39 is 0 Å². The number of carbonyl (C=O) groups is 1. The Morgan fingerprint density at radius 1 is 1.28 bits per heavy atom. The molecule has 2 fully saturated rings. The summed E-state index contributed by atoms with van der Waals surface area (Å²) in [5.74, 6) is 3.28. The van der Waals surface area contributed by atoms with Gasteiger partial charge in [-0.3, -0.25) is 4.79 Å². The molecule has 0 aliphatic heterocycles. The number of amides is 1. The fourth-order valence-electron chi connectivity index (χ4n) is 5.03. The summed E-state index contributed by atoms with van der Waals surface area (Å²) in [5, 5.41) is 7.39. The minimum absolute atomic E-state index is 0.152. The van der Waals surface area contributed by atoms with Gasteiger partial charge in [0.05, 0.1) is 0 Å². The minimum Gasteiger partial charge on any atom is -0.356 e. The van der Waals surface area contributed by atoms with E-state index >= 15 is 0 Å². The quantitative estimate of drug-likeness (QED) is 0.907. The van der Waals surface area contributed by atoms with Gasteiger partial charge in [0, 0.05) is 24.4 Å². The lowest BCUT2D eigenvalue weighted by molar-refractivity contribution is -0.121. The maximum absolute atomic E-state index is 12.3. The van der Waals surface area contributed by atoms with E-state index in [0.717, 1.165) is 35.3 Å². The van der Waals surface area contributed by atoms with Crippen molar-refractivity contribution in [1.82, 2.24) is 24.9 Å². The molecule has 0 unspecified atom stereocenters. The van der Waals surface area contributed by atoms with Gasteiger partial charge in [-0.2, -0.15) is 10.1 Å². The van der Waals surface area contributed by atoms with E-state index in [1.54, 1.807) is 4.52 Å². The summed E-state index contributed by atoms with van der Waals surface area (Å²) in [4.78, 5) is 21.0. The van der Waals surface area contributed by atoms with Crippen LogP contribution in [0.5, 0.6) is 0 Å². The van der Waals surface area contributed by atoms with Crippen LogP contribution in [0, 0.1) is 31.6 Å². The number of carbonyl (C=O) groups excluding carboxylic acids is 1. The van der Waals surface area contributed by atoms with E-state index in [-0.39, 0.29) is 5.91 Å². The van der Waals surface area contributed by atoms with Gasteiger partial charge in [0.25, 0.3) is 5.78 Å². The molecule has 2 aromatic heterocycles. The largest absolute Gasteiger partial charge is 0.356 e. The van der Waals surface area contributed by atoms with Gasteiger partial charge >= 0.3 is 0 Å². The lowest BCUT2D eigenvalue weighted by atomic mass is 9.92. The summed E-state index contributed by atoms with van der Waals surface area (Å²) in [6.07, 6.45) is 9.54. The van der Waals surface area contributed by atoms with E-state index in [0.29, 0.717) is 24.5 Å². The highest BCUT2D eigenvalue weighted by Crippen LogP contribution is 2.47. The Morgan fingerprint density at radius 2 is 2.16 bits per heavy atom. The highest BCUT2D eigenvalue weighted by Gasteiger charge is 2.38. The van der Waals surface area contributed by atoms with Crippen molar-refractivity contribution in [3.05, 3.63) is 23.3 Å². The van der Waals surface area contributed by atoms with Crippen molar-refractivity contribution in [2.45, 2.75) is 58.8 Å². The fourth-order valence-corrected chi connectivity index (χ4v) is 5.03. The predicted octanol–water partition coefficient (Wildman–Crippen LogP) is 2.62. The van der Waals surface area contributed by atoms with Crippen LogP contribution in [0.3, 0.4) is 0 Å². The number of rotatable bonds is 5. The van der Waals surface area contributed by atoms with Crippen molar-refractivity contribution in [1.29, 1.82) is 0 Å². The zero-order valence-electron chi connectivity index (χ0n) is 15.2. The summed E-state index contributed by atoms with van der Waals surface area (Å²) < 4.78 is 1.75. The number of hydrogen-bond acceptors (Lipinski definition) is 4. The summed E-state index contributed by atoms with van der Waals surface area (Å²) in [6, 6.07) is 0. The van der Waals surface area contributed by atoms with Gasteiger partial charge in [-0.1, -0.05) is 12.8 Å². The van der Waals surface area contributed by atoms with Gasteiger partial charge in [0.1, 0.15) is 6.33 Å². The molecule has 0 saturated heterocycles. The third kappa shape index (κ3) is 3.14. The molecule has 25 heavy (non-hydrogen) atoms. The van der Waals surface area contributed by atoms with Crippen LogP contribution < -0.4 is 5.32 Å². The first-order valence-electron chi connectivity index (χ1n) is 9.56. The summed E-state index contributed by atoms with van der Waals surface area (Å²) >= 11 is 0. The zero-order chi connectivity index (χ0) is 17.4. The molecule has 0 bridgehead atoms. The Bertz CT molecular complexity index is 783. The molecule has 2 aliphatic rings. The van der Waals surface area contributed by atoms with Gasteiger partial charge in [0.2, 0.25) is 5.91 Å². The van der Waals surface area contributed by atoms with E-state index in [2.05, 4.69) is 20.4 Å². The third-order valence-electron chi connectivity index (χ3n) is 6.38. The van der Waals surface area contributed by atoms with Crippen LogP contribution in [-0.2, 0) is 11.2 Å². The first-order valence-corrected chi connectivity index (χ1v) is 9.56. The molecule has 2 heterocycles. The van der Waals surface area contributed by atoms with Gasteiger partial charge in [-0.25, -0.2) is 9.50 Å². The van der Waals surface area contributed by atoms with Gasteiger partial charge in [-0.15, -0.1) is 0 Å². The van der Waals surface area contributed by atoms with Crippen molar-refractivity contribution < 1.29 is 4.79 Å². The van der Waals surface area contributed by atoms with Crippen LogP contribution in [0.1, 0.15) is 55.5 Å². The van der Waals surface area contributed by atoms with E-state index in [1.807, 2.05) is 13.8 Å². The van der Waals surface area contributed by atoms with Crippen LogP contribution in [0.25, 0.3) is 5.78 Å². The average molecular weight is 341 g/mol. The second-order valence-corrected chi connectivity index (χ2v) is 7.73. The highest BCUT2D eigenvalue weighted by atomic mass is 16.1. The minimum atomic E-state index is 0.152. The van der Waals surface area contributed by atoms with Crippen molar-refractivity contribution in [2.75, 3.05) is 6.54 Å². The normalized spacial score (nSPS) is 25.4. The van der Waals surface area contributed by atoms with E-state index in [4.69, 9.17) is 0 Å². The molecule has 0 aromatic carbocycles. The summed E-state index contributed by atoms with van der Waals surface area (Å²) in [6.45, 7) is 4.86. The third-order valence-corrected chi connectivity index (χ3v) is 6.38. The number of nitrogens with zero attached hydrogens (tertiary/aromatic N) is 4. The molecule has 6 heteroatoms. The topological polar surface area (TPSA) is 72.2 Å².